The van der Waals surface area contributed by atoms with Gasteiger partial charge in [-0.15, -0.1) is 0 Å². The molecule has 1 fully saturated rings. The molecule has 0 amide bonds. The van der Waals surface area contributed by atoms with Crippen LogP contribution in [0, 0.1) is 0 Å². The summed E-state index contributed by atoms with van der Waals surface area (Å²) in [5, 5.41) is 17.0. The summed E-state index contributed by atoms with van der Waals surface area (Å²) in [6.07, 6.45) is 5.69. The summed E-state index contributed by atoms with van der Waals surface area (Å²) in [4.78, 5) is 2.32. The molecule has 1 saturated heterocycles. The number of nitrogens with one attached hydrogen (secondary N) is 1. The van der Waals surface area contributed by atoms with Gasteiger partial charge >= 0.3 is 0 Å². The molecule has 22 heavy (non-hydrogen) atoms. The van der Waals surface area contributed by atoms with Crippen LogP contribution >= 0.6 is 0 Å². The fourth-order valence-corrected chi connectivity index (χ4v) is 2.99. The molecule has 2 heterocycles. The van der Waals surface area contributed by atoms with Crippen LogP contribution < -0.4 is 4.74 Å². The Morgan fingerprint density at radius 3 is 2.73 bits per heavy atom. The number of aromatic nitrogens is 2. The summed E-state index contributed by atoms with van der Waals surface area (Å²) in [7, 11) is 0. The second-order valence-electron chi connectivity index (χ2n) is 5.88. The number of rotatable bonds is 6. The molecule has 0 aliphatic carbocycles. The molecule has 5 nitrogen and oxygen atoms in total. The van der Waals surface area contributed by atoms with Gasteiger partial charge in [0, 0.05) is 12.7 Å². The second-order valence-corrected chi connectivity index (χ2v) is 5.88. The highest BCUT2D eigenvalue weighted by molar-refractivity contribution is 5.20. The largest absolute Gasteiger partial charge is 0.491 e. The zero-order chi connectivity index (χ0) is 15.2. The molecule has 0 radical (unpaired) electrons. The number of hydrogen-bond donors (Lipinski definition) is 2. The van der Waals surface area contributed by atoms with Crippen LogP contribution in [-0.4, -0.2) is 52.5 Å². The first-order valence-electron chi connectivity index (χ1n) is 7.88. The molecular weight excluding hydrogens is 278 g/mol. The van der Waals surface area contributed by atoms with E-state index in [1.165, 1.54) is 5.56 Å². The van der Waals surface area contributed by atoms with E-state index in [0.29, 0.717) is 19.1 Å². The Morgan fingerprint density at radius 2 is 2.05 bits per heavy atom. The number of nitrogens with zero attached hydrogens (tertiary/aromatic N) is 2. The summed E-state index contributed by atoms with van der Waals surface area (Å²) >= 11 is 0. The third-order valence-corrected chi connectivity index (χ3v) is 4.23. The molecule has 0 saturated carbocycles. The summed E-state index contributed by atoms with van der Waals surface area (Å²) in [6.45, 7) is 3.03. The van der Waals surface area contributed by atoms with Crippen molar-refractivity contribution in [3.63, 3.8) is 0 Å². The van der Waals surface area contributed by atoms with Crippen molar-refractivity contribution in [2.75, 3.05) is 26.2 Å². The minimum Gasteiger partial charge on any atom is -0.491 e. The molecule has 3 rings (SSSR count). The van der Waals surface area contributed by atoms with Gasteiger partial charge < -0.3 is 14.7 Å². The second kappa shape index (κ2) is 7.42. The van der Waals surface area contributed by atoms with Crippen molar-refractivity contribution in [1.29, 1.82) is 0 Å². The minimum absolute atomic E-state index is 0.339. The maximum atomic E-state index is 10.1. The molecule has 2 aromatic rings. The highest BCUT2D eigenvalue weighted by Crippen LogP contribution is 2.27. The van der Waals surface area contributed by atoms with Crippen LogP contribution in [-0.2, 0) is 0 Å². The van der Waals surface area contributed by atoms with Crippen LogP contribution in [0.3, 0.4) is 0 Å². The lowest BCUT2D eigenvalue weighted by Gasteiger charge is -2.32. The van der Waals surface area contributed by atoms with Crippen molar-refractivity contribution in [1.82, 2.24) is 15.1 Å². The van der Waals surface area contributed by atoms with Crippen molar-refractivity contribution in [3.8, 4) is 5.75 Å². The lowest BCUT2D eigenvalue weighted by Crippen LogP contribution is -2.40. The van der Waals surface area contributed by atoms with Crippen LogP contribution in [0.15, 0.2) is 42.7 Å². The average Bonchev–Trinajstić information content (AvgIpc) is 3.09. The zero-order valence-corrected chi connectivity index (χ0v) is 12.7. The molecular formula is C17H23N3O2. The third-order valence-electron chi connectivity index (χ3n) is 4.23. The van der Waals surface area contributed by atoms with Crippen LogP contribution in [0.5, 0.6) is 5.75 Å². The van der Waals surface area contributed by atoms with E-state index in [9.17, 15) is 5.11 Å². The van der Waals surface area contributed by atoms with Crippen molar-refractivity contribution in [2.24, 2.45) is 0 Å². The first-order chi connectivity index (χ1) is 10.8. The van der Waals surface area contributed by atoms with Crippen molar-refractivity contribution < 1.29 is 9.84 Å². The number of benzene rings is 1. The molecule has 0 spiro atoms. The van der Waals surface area contributed by atoms with Crippen LogP contribution in [0.4, 0.5) is 0 Å². The molecule has 1 aliphatic heterocycles. The lowest BCUT2D eigenvalue weighted by molar-refractivity contribution is 0.0594. The van der Waals surface area contributed by atoms with Gasteiger partial charge in [0.1, 0.15) is 18.5 Å². The topological polar surface area (TPSA) is 61.4 Å². The maximum Gasteiger partial charge on any atom is 0.119 e. The normalized spacial score (nSPS) is 18.2. The highest BCUT2D eigenvalue weighted by atomic mass is 16.5. The molecule has 0 bridgehead atoms. The molecule has 5 heteroatoms. The number of β-amino-alcohol motifs (C(OH)–C–C–N with tert-alkyl or cyclic N) is 1. The number of para-hydroxylation sites is 1. The molecule has 1 aliphatic rings. The van der Waals surface area contributed by atoms with E-state index >= 15 is 0 Å². The van der Waals surface area contributed by atoms with Gasteiger partial charge in [0.15, 0.2) is 0 Å². The number of likely N-dealkylation sites (tertiary alicyclic amines) is 1. The molecule has 1 aromatic carbocycles. The first-order valence-corrected chi connectivity index (χ1v) is 7.88. The number of aliphatic hydroxyl groups excluding tert-OH is 1. The first kappa shape index (κ1) is 15.1. The van der Waals surface area contributed by atoms with E-state index in [0.717, 1.165) is 31.7 Å². The molecule has 1 aromatic heterocycles. The summed E-state index contributed by atoms with van der Waals surface area (Å²) in [5.41, 5.74) is 1.30. The van der Waals surface area contributed by atoms with E-state index in [2.05, 4.69) is 15.1 Å². The SMILES string of the molecule is O[C@H](COc1ccccc1)CN1CCC(c2cn[nH]c2)CC1. The van der Waals surface area contributed by atoms with Crippen molar-refractivity contribution >= 4 is 0 Å². The molecule has 118 valence electrons. The quantitative estimate of drug-likeness (QED) is 0.857. The average molecular weight is 301 g/mol. The smallest absolute Gasteiger partial charge is 0.119 e. The fraction of sp³-hybridized carbons (Fsp3) is 0.471. The minimum atomic E-state index is -0.453. The number of aromatic amines is 1. The highest BCUT2D eigenvalue weighted by Gasteiger charge is 2.22. The standard InChI is InChI=1S/C17H23N3O2/c21-16(13-22-17-4-2-1-3-5-17)12-20-8-6-14(7-9-20)15-10-18-19-11-15/h1-5,10-11,14,16,21H,6-9,12-13H2,(H,18,19)/t16-/m0/s1. The molecule has 1 atom stereocenters. The monoisotopic (exact) mass is 301 g/mol. The maximum absolute atomic E-state index is 10.1. The summed E-state index contributed by atoms with van der Waals surface area (Å²) in [6, 6.07) is 9.63. The van der Waals surface area contributed by atoms with Gasteiger partial charge in [0.05, 0.1) is 6.20 Å². The van der Waals surface area contributed by atoms with E-state index < -0.39 is 6.10 Å². The Kier molecular flexibility index (Phi) is 5.08. The number of aliphatic hydroxyl groups is 1. The Morgan fingerprint density at radius 1 is 1.27 bits per heavy atom. The Bertz CT molecular complexity index is 536. The van der Waals surface area contributed by atoms with E-state index in [4.69, 9.17) is 4.74 Å². The van der Waals surface area contributed by atoms with Crippen LogP contribution in [0.1, 0.15) is 24.3 Å². The zero-order valence-electron chi connectivity index (χ0n) is 12.7. The van der Waals surface area contributed by atoms with Gasteiger partial charge in [-0.2, -0.15) is 5.10 Å². The number of hydrogen-bond acceptors (Lipinski definition) is 4. The predicted octanol–water partition coefficient (Wildman–Crippen LogP) is 2.03. The van der Waals surface area contributed by atoms with Gasteiger partial charge in [-0.1, -0.05) is 18.2 Å². The van der Waals surface area contributed by atoms with Crippen LogP contribution in [0.2, 0.25) is 0 Å². The predicted molar refractivity (Wildman–Crippen MR) is 84.9 cm³/mol. The fourth-order valence-electron chi connectivity index (χ4n) is 2.99. The number of ether oxygens (including phenoxy) is 1. The van der Waals surface area contributed by atoms with E-state index in [-0.39, 0.29) is 0 Å². The van der Waals surface area contributed by atoms with Gasteiger partial charge in [0.25, 0.3) is 0 Å². The lowest BCUT2D eigenvalue weighted by atomic mass is 9.91. The molecule has 0 unspecified atom stereocenters. The van der Waals surface area contributed by atoms with Crippen LogP contribution in [0.25, 0.3) is 0 Å². The van der Waals surface area contributed by atoms with E-state index in [1.807, 2.05) is 42.7 Å². The Labute approximate surface area is 130 Å². The van der Waals surface area contributed by atoms with Crippen molar-refractivity contribution in [2.45, 2.75) is 24.9 Å². The summed E-state index contributed by atoms with van der Waals surface area (Å²) < 4.78 is 5.60. The Balaban J connectivity index is 1.39. The summed E-state index contributed by atoms with van der Waals surface area (Å²) in [5.74, 6) is 1.40. The van der Waals surface area contributed by atoms with Gasteiger partial charge in [0.2, 0.25) is 0 Å². The number of H-pyrrole nitrogens is 1. The van der Waals surface area contributed by atoms with Gasteiger partial charge in [-0.05, 0) is 49.5 Å². The third kappa shape index (κ3) is 4.08. The molecule has 2 N–H and O–H groups in total. The van der Waals surface area contributed by atoms with Crippen molar-refractivity contribution in [3.05, 3.63) is 48.3 Å². The van der Waals surface area contributed by atoms with Gasteiger partial charge in [-0.25, -0.2) is 0 Å². The Hall–Kier alpha value is -1.85. The van der Waals surface area contributed by atoms with Gasteiger partial charge in [-0.3, -0.25) is 5.10 Å². The van der Waals surface area contributed by atoms with E-state index in [1.54, 1.807) is 0 Å². The number of piperidine rings is 1.